The molecule has 12 atom stereocenters. The smallest absolute Gasteiger partial charge is 0.221 e. The zero-order chi connectivity index (χ0) is 37.6. The fraction of sp³-hybridized carbons (Fsp3) is 0.767. The number of carbonyl (C=O) groups excluding carboxylic acids is 1. The van der Waals surface area contributed by atoms with E-state index in [4.69, 9.17) is 31.0 Å². The molecule has 0 spiro atoms. The van der Waals surface area contributed by atoms with Crippen LogP contribution in [0.1, 0.15) is 114 Å². The molecular weight excluding hydrogens is 649 g/mol. The summed E-state index contributed by atoms with van der Waals surface area (Å²) in [6.45, 7) is 24.8. The standard InChI is InChI=1S/C43H66N6O3/c1-26(2)28(5)38(6)17-18-40(8)30-11-12-33-39(7)22-51-24-43(33,31(30)13-16-41(40,9)34(38)36(44)50)21-32(35(39)52-23-42(10,45)27(3)4)49-37(47-25-48-49)29-14-19-46-20-15-29/h13-15,19-20,25-28,30,32-35H,11-12,16-18,21-24,45H2,1-10H3,(H2,44,50)/t28-,30+,32-,33+,34-,35+,38-,39+,40-,41+,42-,43+/m1/s1. The van der Waals surface area contributed by atoms with Crippen molar-refractivity contribution in [3.63, 3.8) is 0 Å². The molecule has 9 nitrogen and oxygen atoms in total. The van der Waals surface area contributed by atoms with Crippen LogP contribution < -0.4 is 11.5 Å². The van der Waals surface area contributed by atoms with Gasteiger partial charge in [-0.15, -0.1) is 0 Å². The van der Waals surface area contributed by atoms with Crippen LogP contribution in [0.25, 0.3) is 11.4 Å². The monoisotopic (exact) mass is 715 g/mol. The first-order valence-corrected chi connectivity index (χ1v) is 20.2. The van der Waals surface area contributed by atoms with Crippen molar-refractivity contribution in [1.29, 1.82) is 0 Å². The van der Waals surface area contributed by atoms with Gasteiger partial charge in [-0.05, 0) is 103 Å². The van der Waals surface area contributed by atoms with Crippen LogP contribution in [0.4, 0.5) is 0 Å². The highest BCUT2D eigenvalue weighted by Gasteiger charge is 2.71. The van der Waals surface area contributed by atoms with Gasteiger partial charge in [0.25, 0.3) is 0 Å². The molecule has 9 heteroatoms. The number of primary amides is 1. The lowest BCUT2D eigenvalue weighted by atomic mass is 9.34. The van der Waals surface area contributed by atoms with Crippen molar-refractivity contribution in [2.24, 2.45) is 74.0 Å². The Bertz CT molecular complexity index is 1690. The minimum atomic E-state index is -0.483. The van der Waals surface area contributed by atoms with Crippen LogP contribution in [0, 0.1) is 62.6 Å². The minimum absolute atomic E-state index is 0.0719. The van der Waals surface area contributed by atoms with Crippen molar-refractivity contribution >= 4 is 5.91 Å². The fourth-order valence-electron chi connectivity index (χ4n) is 12.8. The predicted octanol–water partition coefficient (Wildman–Crippen LogP) is 7.63. The molecule has 5 aliphatic rings. The number of hydrogen-bond acceptors (Lipinski definition) is 7. The molecule has 3 heterocycles. The second kappa shape index (κ2) is 12.7. The molecule has 0 unspecified atom stereocenters. The van der Waals surface area contributed by atoms with Crippen molar-refractivity contribution in [2.75, 3.05) is 19.8 Å². The van der Waals surface area contributed by atoms with Crippen molar-refractivity contribution in [1.82, 2.24) is 19.7 Å². The van der Waals surface area contributed by atoms with E-state index in [1.807, 2.05) is 24.5 Å². The summed E-state index contributed by atoms with van der Waals surface area (Å²) in [5.41, 5.74) is 14.5. The SMILES string of the molecule is CC(C)[C@@H](C)[C@@]1(C)CC[C@]2(C)[C@H]3CC[C@@H]4[C@@]5(COC[C@]4(C)[C@@H](OC[C@@](C)(N)C(C)C)[C@H](n4ncnc4-c4ccncc4)C5)C3=CC[C@@]2(C)[C@@H]1C(N)=O. The Morgan fingerprint density at radius 2 is 1.77 bits per heavy atom. The summed E-state index contributed by atoms with van der Waals surface area (Å²) in [4.78, 5) is 22.9. The maximum Gasteiger partial charge on any atom is 0.221 e. The molecule has 2 aromatic heterocycles. The molecule has 2 bridgehead atoms. The molecule has 4 fully saturated rings. The van der Waals surface area contributed by atoms with Crippen LogP contribution in [0.2, 0.25) is 0 Å². The molecule has 7 rings (SSSR count). The van der Waals surface area contributed by atoms with Gasteiger partial charge in [0.2, 0.25) is 5.91 Å². The number of pyridine rings is 1. The second-order valence-corrected chi connectivity index (χ2v) is 19.8. The lowest BCUT2D eigenvalue weighted by Crippen LogP contribution is -2.69. The number of allylic oxidation sites excluding steroid dienone is 1. The Hall–Kier alpha value is -2.62. The van der Waals surface area contributed by atoms with Crippen molar-refractivity contribution in [3.05, 3.63) is 42.5 Å². The third-order valence-electron chi connectivity index (χ3n) is 16.8. The maximum absolute atomic E-state index is 13.8. The van der Waals surface area contributed by atoms with Crippen LogP contribution in [0.15, 0.2) is 42.5 Å². The van der Waals surface area contributed by atoms with E-state index in [2.05, 4.69) is 85.0 Å². The average Bonchev–Trinajstić information content (AvgIpc) is 3.58. The molecule has 3 saturated carbocycles. The summed E-state index contributed by atoms with van der Waals surface area (Å²) < 4.78 is 16.1. The van der Waals surface area contributed by atoms with E-state index in [0.717, 1.165) is 49.9 Å². The Morgan fingerprint density at radius 1 is 1.06 bits per heavy atom. The van der Waals surface area contributed by atoms with Gasteiger partial charge >= 0.3 is 0 Å². The van der Waals surface area contributed by atoms with Gasteiger partial charge < -0.3 is 20.9 Å². The zero-order valence-electron chi connectivity index (χ0n) is 33.6. The number of hydrogen-bond donors (Lipinski definition) is 2. The van der Waals surface area contributed by atoms with Crippen LogP contribution in [-0.2, 0) is 14.3 Å². The first kappa shape index (κ1) is 37.7. The van der Waals surface area contributed by atoms with Crippen LogP contribution in [0.3, 0.4) is 0 Å². The molecular formula is C43H66N6O3. The van der Waals surface area contributed by atoms with Gasteiger partial charge in [0.1, 0.15) is 6.33 Å². The van der Waals surface area contributed by atoms with E-state index < -0.39 is 5.54 Å². The van der Waals surface area contributed by atoms with Gasteiger partial charge in [0.05, 0.1) is 32.0 Å². The Labute approximate surface area is 312 Å². The van der Waals surface area contributed by atoms with Crippen LogP contribution >= 0.6 is 0 Å². The van der Waals surface area contributed by atoms with Crippen molar-refractivity contribution in [3.8, 4) is 11.4 Å². The van der Waals surface area contributed by atoms with E-state index in [1.165, 1.54) is 0 Å². The number of nitrogens with zero attached hydrogens (tertiary/aromatic N) is 4. The minimum Gasteiger partial charge on any atom is -0.380 e. The van der Waals surface area contributed by atoms with Gasteiger partial charge in [-0.25, -0.2) is 9.67 Å². The van der Waals surface area contributed by atoms with E-state index in [-0.39, 0.29) is 57.0 Å². The Morgan fingerprint density at radius 3 is 2.42 bits per heavy atom. The highest BCUT2D eigenvalue weighted by Crippen LogP contribution is 2.75. The third-order valence-corrected chi connectivity index (χ3v) is 16.8. The average molecular weight is 715 g/mol. The molecule has 1 saturated heterocycles. The number of nitrogens with two attached hydrogens (primary N) is 2. The van der Waals surface area contributed by atoms with Crippen molar-refractivity contribution < 1.29 is 14.3 Å². The van der Waals surface area contributed by atoms with Crippen LogP contribution in [-0.4, -0.2) is 57.1 Å². The quantitative estimate of drug-likeness (QED) is 0.256. The number of fused-ring (bicyclic) bond motifs is 3. The maximum atomic E-state index is 13.8. The number of aromatic nitrogens is 4. The number of ether oxygens (including phenoxy) is 2. The first-order valence-electron chi connectivity index (χ1n) is 20.2. The topological polar surface area (TPSA) is 131 Å². The van der Waals surface area contributed by atoms with Gasteiger partial charge in [-0.2, -0.15) is 5.10 Å². The lowest BCUT2D eigenvalue weighted by Gasteiger charge is -2.71. The summed E-state index contributed by atoms with van der Waals surface area (Å²) in [7, 11) is 0. The highest BCUT2D eigenvalue weighted by atomic mass is 16.5. The molecule has 4 N–H and O–H groups in total. The summed E-state index contributed by atoms with van der Waals surface area (Å²) in [6, 6.07) is 3.94. The first-order chi connectivity index (χ1) is 24.4. The predicted molar refractivity (Wildman–Crippen MR) is 205 cm³/mol. The molecule has 52 heavy (non-hydrogen) atoms. The molecule has 4 aliphatic carbocycles. The van der Waals surface area contributed by atoms with E-state index in [0.29, 0.717) is 43.5 Å². The summed E-state index contributed by atoms with van der Waals surface area (Å²) in [5.74, 6) is 2.35. The van der Waals surface area contributed by atoms with Gasteiger partial charge in [0, 0.05) is 40.2 Å². The Balaban J connectivity index is 1.35. The van der Waals surface area contributed by atoms with E-state index >= 15 is 0 Å². The lowest BCUT2D eigenvalue weighted by molar-refractivity contribution is -0.251. The van der Waals surface area contributed by atoms with Gasteiger partial charge in [0.15, 0.2) is 5.82 Å². The molecule has 0 radical (unpaired) electrons. The molecule has 2 aromatic rings. The summed E-state index contributed by atoms with van der Waals surface area (Å²) in [6.07, 6.45) is 13.7. The Kier molecular flexibility index (Phi) is 9.22. The van der Waals surface area contributed by atoms with Crippen LogP contribution in [0.5, 0.6) is 0 Å². The van der Waals surface area contributed by atoms with E-state index in [9.17, 15) is 4.79 Å². The van der Waals surface area contributed by atoms with E-state index in [1.54, 1.807) is 11.9 Å². The zero-order valence-corrected chi connectivity index (χ0v) is 33.6. The largest absolute Gasteiger partial charge is 0.380 e. The summed E-state index contributed by atoms with van der Waals surface area (Å²) in [5, 5.41) is 4.97. The molecule has 1 aliphatic heterocycles. The highest BCUT2D eigenvalue weighted by molar-refractivity contribution is 5.79. The van der Waals surface area contributed by atoms with Crippen molar-refractivity contribution in [2.45, 2.75) is 125 Å². The number of carbonyl (C=O) groups is 1. The summed E-state index contributed by atoms with van der Waals surface area (Å²) >= 11 is 0. The third kappa shape index (κ3) is 5.25. The van der Waals surface area contributed by atoms with Gasteiger partial charge in [-0.3, -0.25) is 9.78 Å². The number of amides is 1. The second-order valence-electron chi connectivity index (χ2n) is 19.8. The molecule has 286 valence electrons. The molecule has 0 aromatic carbocycles. The fourth-order valence-corrected chi connectivity index (χ4v) is 12.8. The normalized spacial score (nSPS) is 41.7. The van der Waals surface area contributed by atoms with Gasteiger partial charge in [-0.1, -0.05) is 74.0 Å². The number of rotatable bonds is 9. The molecule has 1 amide bonds.